The number of aromatic nitrogens is 2. The predicted molar refractivity (Wildman–Crippen MR) is 146 cm³/mol. The Kier molecular flexibility index (Phi) is 7.33. The highest BCUT2D eigenvalue weighted by atomic mass is 19.1. The van der Waals surface area contributed by atoms with Gasteiger partial charge in [-0.05, 0) is 62.4 Å². The number of benzene rings is 1. The smallest absolute Gasteiger partial charge is 0.229 e. The summed E-state index contributed by atoms with van der Waals surface area (Å²) in [7, 11) is 2.15. The number of nitrogens with zero attached hydrogens (tertiary/aromatic N) is 4. The van der Waals surface area contributed by atoms with Gasteiger partial charge in [0.05, 0.1) is 12.1 Å². The van der Waals surface area contributed by atoms with Crippen molar-refractivity contribution in [3.63, 3.8) is 0 Å². The van der Waals surface area contributed by atoms with Gasteiger partial charge in [-0.1, -0.05) is 26.0 Å². The molecule has 2 fully saturated rings. The molecule has 198 valence electrons. The molecule has 2 aromatic rings. The number of allylic oxidation sites excluding steroid dienone is 1. The van der Waals surface area contributed by atoms with E-state index in [2.05, 4.69) is 74.0 Å². The minimum atomic E-state index is -0.539. The van der Waals surface area contributed by atoms with Crippen molar-refractivity contribution >= 4 is 29.0 Å². The highest BCUT2D eigenvalue weighted by Gasteiger charge is 2.39. The number of anilines is 4. The summed E-state index contributed by atoms with van der Waals surface area (Å²) >= 11 is 0. The SMILES string of the molecule is Cc1cc(Nc2ncc(F)c(N[C@@H]3[C@H](C(=O)NC4CC4)[C@H](C)C=C[C@@H]3C)n2)ccc1N1CCN(C)CC1. The van der Waals surface area contributed by atoms with Crippen LogP contribution in [0.2, 0.25) is 0 Å². The molecule has 0 spiro atoms. The van der Waals surface area contributed by atoms with Crippen LogP contribution in [-0.2, 0) is 4.79 Å². The van der Waals surface area contributed by atoms with Gasteiger partial charge in [0.15, 0.2) is 11.6 Å². The van der Waals surface area contributed by atoms with Crippen molar-refractivity contribution in [1.29, 1.82) is 0 Å². The minimum absolute atomic E-state index is 0.0208. The molecule has 0 radical (unpaired) electrons. The Balaban J connectivity index is 1.31. The van der Waals surface area contributed by atoms with Crippen molar-refractivity contribution in [3.8, 4) is 0 Å². The second kappa shape index (κ2) is 10.7. The molecule has 4 atom stereocenters. The van der Waals surface area contributed by atoms with Crippen LogP contribution in [0.5, 0.6) is 0 Å². The zero-order valence-corrected chi connectivity index (χ0v) is 22.2. The maximum absolute atomic E-state index is 14.8. The lowest BCUT2D eigenvalue weighted by atomic mass is 9.75. The fourth-order valence-electron chi connectivity index (χ4n) is 5.34. The Morgan fingerprint density at radius 1 is 1.08 bits per heavy atom. The van der Waals surface area contributed by atoms with Gasteiger partial charge in [0.2, 0.25) is 11.9 Å². The van der Waals surface area contributed by atoms with E-state index in [4.69, 9.17) is 0 Å². The van der Waals surface area contributed by atoms with Gasteiger partial charge >= 0.3 is 0 Å². The molecule has 2 heterocycles. The van der Waals surface area contributed by atoms with Crippen LogP contribution in [0, 0.1) is 30.5 Å². The van der Waals surface area contributed by atoms with Crippen molar-refractivity contribution in [2.24, 2.45) is 17.8 Å². The van der Waals surface area contributed by atoms with Gasteiger partial charge in [-0.15, -0.1) is 0 Å². The van der Waals surface area contributed by atoms with Crippen molar-refractivity contribution in [1.82, 2.24) is 20.2 Å². The van der Waals surface area contributed by atoms with Crippen molar-refractivity contribution in [2.75, 3.05) is 48.8 Å². The van der Waals surface area contributed by atoms with Gasteiger partial charge < -0.3 is 25.8 Å². The minimum Gasteiger partial charge on any atom is -0.369 e. The van der Waals surface area contributed by atoms with Gasteiger partial charge in [-0.2, -0.15) is 4.98 Å². The molecule has 1 aliphatic heterocycles. The standard InChI is InChI=1S/C28H38FN7O/c1-17-5-6-18(2)25(24(17)27(37)31-20-7-8-20)33-26-22(29)16-30-28(34-26)32-21-9-10-23(19(3)15-21)36-13-11-35(4)12-14-36/h5-6,9-10,15-18,20,24-25H,7-8,11-14H2,1-4H3,(H,31,37)(H2,30,32,33,34)/t17-,18+,24-,25+/m1/s1. The summed E-state index contributed by atoms with van der Waals surface area (Å²) in [5.41, 5.74) is 3.23. The molecule has 8 nitrogen and oxygen atoms in total. The van der Waals surface area contributed by atoms with E-state index in [-0.39, 0.29) is 41.6 Å². The molecular weight excluding hydrogens is 469 g/mol. The lowest BCUT2D eigenvalue weighted by molar-refractivity contribution is -0.127. The van der Waals surface area contributed by atoms with E-state index in [9.17, 15) is 9.18 Å². The highest BCUT2D eigenvalue weighted by molar-refractivity contribution is 5.81. The number of halogens is 1. The number of aryl methyl sites for hydroxylation is 1. The summed E-state index contributed by atoms with van der Waals surface area (Å²) in [6, 6.07) is 6.20. The molecule has 3 aliphatic rings. The number of carbonyl (C=O) groups is 1. The summed E-state index contributed by atoms with van der Waals surface area (Å²) in [6.07, 6.45) is 7.41. The van der Waals surface area contributed by atoms with Crippen LogP contribution in [0.15, 0.2) is 36.5 Å². The van der Waals surface area contributed by atoms with E-state index in [1.54, 1.807) is 0 Å². The Bertz CT molecular complexity index is 1160. The predicted octanol–water partition coefficient (Wildman–Crippen LogP) is 3.94. The molecule has 0 bridgehead atoms. The van der Waals surface area contributed by atoms with Crippen LogP contribution in [0.4, 0.5) is 27.5 Å². The van der Waals surface area contributed by atoms with Crippen LogP contribution in [-0.4, -0.2) is 66.1 Å². The van der Waals surface area contributed by atoms with Gasteiger partial charge in [-0.25, -0.2) is 9.37 Å². The number of rotatable bonds is 7. The molecule has 2 aliphatic carbocycles. The third-order valence-corrected chi connectivity index (χ3v) is 7.81. The molecule has 1 amide bonds. The summed E-state index contributed by atoms with van der Waals surface area (Å²) in [6.45, 7) is 10.3. The van der Waals surface area contributed by atoms with Crippen molar-refractivity contribution < 1.29 is 9.18 Å². The Hall–Kier alpha value is -3.20. The van der Waals surface area contributed by atoms with Crippen LogP contribution in [0.25, 0.3) is 0 Å². The largest absolute Gasteiger partial charge is 0.369 e. The third kappa shape index (κ3) is 5.87. The number of piperazine rings is 1. The number of amides is 1. The fourth-order valence-corrected chi connectivity index (χ4v) is 5.34. The van der Waals surface area contributed by atoms with Gasteiger partial charge in [-0.3, -0.25) is 4.79 Å². The van der Waals surface area contributed by atoms with E-state index in [1.807, 2.05) is 19.9 Å². The molecule has 1 saturated heterocycles. The van der Waals surface area contributed by atoms with Gasteiger partial charge in [0.25, 0.3) is 0 Å². The van der Waals surface area contributed by atoms with E-state index >= 15 is 0 Å². The normalized spacial score (nSPS) is 26.1. The summed E-state index contributed by atoms with van der Waals surface area (Å²) < 4.78 is 14.8. The van der Waals surface area contributed by atoms with Crippen LogP contribution in [0.1, 0.15) is 32.3 Å². The average Bonchev–Trinajstić information content (AvgIpc) is 3.68. The average molecular weight is 508 g/mol. The second-order valence-corrected chi connectivity index (χ2v) is 10.9. The van der Waals surface area contributed by atoms with Crippen molar-refractivity contribution in [2.45, 2.75) is 45.7 Å². The highest BCUT2D eigenvalue weighted by Crippen LogP contribution is 2.33. The Morgan fingerprint density at radius 3 is 2.51 bits per heavy atom. The molecule has 9 heteroatoms. The lowest BCUT2D eigenvalue weighted by Crippen LogP contribution is -2.49. The third-order valence-electron chi connectivity index (χ3n) is 7.81. The first kappa shape index (κ1) is 25.4. The second-order valence-electron chi connectivity index (χ2n) is 10.9. The van der Waals surface area contributed by atoms with Gasteiger partial charge in [0.1, 0.15) is 0 Å². The Morgan fingerprint density at radius 2 is 1.81 bits per heavy atom. The molecule has 3 N–H and O–H groups in total. The quantitative estimate of drug-likeness (QED) is 0.490. The maximum atomic E-state index is 14.8. The number of nitrogens with one attached hydrogen (secondary N) is 3. The topological polar surface area (TPSA) is 85.4 Å². The fraction of sp³-hybridized carbons (Fsp3) is 0.536. The molecule has 37 heavy (non-hydrogen) atoms. The van der Waals surface area contributed by atoms with Crippen LogP contribution >= 0.6 is 0 Å². The summed E-state index contributed by atoms with van der Waals surface area (Å²) in [4.78, 5) is 26.4. The molecule has 5 rings (SSSR count). The summed E-state index contributed by atoms with van der Waals surface area (Å²) in [5, 5.41) is 9.61. The zero-order valence-electron chi connectivity index (χ0n) is 22.2. The monoisotopic (exact) mass is 507 g/mol. The first-order chi connectivity index (χ1) is 17.8. The van der Waals surface area contributed by atoms with Crippen LogP contribution < -0.4 is 20.9 Å². The number of hydrogen-bond acceptors (Lipinski definition) is 7. The van der Waals surface area contributed by atoms with E-state index in [0.29, 0.717) is 5.95 Å². The maximum Gasteiger partial charge on any atom is 0.229 e. The number of hydrogen-bond donors (Lipinski definition) is 3. The molecular formula is C28H38FN7O. The number of likely N-dealkylation sites (N-methyl/N-ethyl adjacent to an activating group) is 1. The summed E-state index contributed by atoms with van der Waals surface area (Å²) in [5.74, 6) is -0.335. The van der Waals surface area contributed by atoms with Gasteiger partial charge in [0, 0.05) is 49.6 Å². The van der Waals surface area contributed by atoms with E-state index in [1.165, 1.54) is 11.9 Å². The van der Waals surface area contributed by atoms with E-state index < -0.39 is 5.82 Å². The first-order valence-corrected chi connectivity index (χ1v) is 13.4. The Labute approximate surface area is 218 Å². The lowest BCUT2D eigenvalue weighted by Gasteiger charge is -2.37. The van der Waals surface area contributed by atoms with Crippen LogP contribution in [0.3, 0.4) is 0 Å². The van der Waals surface area contributed by atoms with E-state index in [0.717, 1.165) is 50.3 Å². The zero-order chi connectivity index (χ0) is 26.1. The number of carbonyl (C=O) groups excluding carboxylic acids is 1. The first-order valence-electron chi connectivity index (χ1n) is 13.4. The molecule has 1 aromatic carbocycles. The molecule has 1 saturated carbocycles. The van der Waals surface area contributed by atoms with Crippen molar-refractivity contribution in [3.05, 3.63) is 47.9 Å². The molecule has 1 aromatic heterocycles. The molecule has 0 unspecified atom stereocenters.